The fourth-order valence-electron chi connectivity index (χ4n) is 2.53. The third-order valence-electron chi connectivity index (χ3n) is 3.67. The molecular formula is C13H20N2O5S. The molecule has 0 unspecified atom stereocenters. The van der Waals surface area contributed by atoms with Crippen molar-refractivity contribution in [3.63, 3.8) is 0 Å². The number of aliphatic carboxylic acids is 1. The van der Waals surface area contributed by atoms with Crippen LogP contribution in [0.25, 0.3) is 0 Å². The first-order chi connectivity index (χ1) is 10.1. The van der Waals surface area contributed by atoms with Crippen LogP contribution in [0.3, 0.4) is 0 Å². The number of rotatable bonds is 5. The van der Waals surface area contributed by atoms with Crippen molar-refractivity contribution in [1.82, 2.24) is 9.80 Å². The van der Waals surface area contributed by atoms with Gasteiger partial charge in [0.1, 0.15) is 6.04 Å². The molecule has 0 aromatic carbocycles. The lowest BCUT2D eigenvalue weighted by Crippen LogP contribution is -2.43. The lowest BCUT2D eigenvalue weighted by Gasteiger charge is -2.27. The normalized spacial score (nSPS) is 22.4. The van der Waals surface area contributed by atoms with Crippen LogP contribution in [0.4, 0.5) is 0 Å². The van der Waals surface area contributed by atoms with E-state index in [1.165, 1.54) is 16.7 Å². The molecule has 2 heterocycles. The molecule has 2 saturated heterocycles. The van der Waals surface area contributed by atoms with Crippen LogP contribution in [-0.4, -0.2) is 83.1 Å². The van der Waals surface area contributed by atoms with E-state index in [0.29, 0.717) is 39.3 Å². The SMILES string of the molecule is O=C(O)[C@H]1CCCN1C(=O)CSCC(=O)N1CCOCC1. The monoisotopic (exact) mass is 316 g/mol. The molecule has 2 amide bonds. The van der Waals surface area contributed by atoms with Crippen LogP contribution in [0.2, 0.25) is 0 Å². The van der Waals surface area contributed by atoms with E-state index in [9.17, 15) is 14.4 Å². The van der Waals surface area contributed by atoms with Gasteiger partial charge in [-0.2, -0.15) is 0 Å². The molecule has 1 atom stereocenters. The van der Waals surface area contributed by atoms with Gasteiger partial charge in [-0.15, -0.1) is 11.8 Å². The topological polar surface area (TPSA) is 87.2 Å². The number of carbonyl (C=O) groups is 3. The molecule has 1 N–H and O–H groups in total. The molecule has 8 heteroatoms. The fraction of sp³-hybridized carbons (Fsp3) is 0.769. The Morgan fingerprint density at radius 2 is 1.76 bits per heavy atom. The van der Waals surface area contributed by atoms with Crippen molar-refractivity contribution in [1.29, 1.82) is 0 Å². The summed E-state index contributed by atoms with van der Waals surface area (Å²) < 4.78 is 5.18. The minimum Gasteiger partial charge on any atom is -0.480 e. The first-order valence-corrected chi connectivity index (χ1v) is 8.20. The second-order valence-corrected chi connectivity index (χ2v) is 6.05. The van der Waals surface area contributed by atoms with Crippen LogP contribution in [0.15, 0.2) is 0 Å². The highest BCUT2D eigenvalue weighted by atomic mass is 32.2. The van der Waals surface area contributed by atoms with Crippen molar-refractivity contribution in [3.05, 3.63) is 0 Å². The van der Waals surface area contributed by atoms with Gasteiger partial charge in [0, 0.05) is 19.6 Å². The summed E-state index contributed by atoms with van der Waals surface area (Å²) in [6, 6.07) is -0.701. The van der Waals surface area contributed by atoms with Crippen LogP contribution >= 0.6 is 11.8 Å². The van der Waals surface area contributed by atoms with Crippen LogP contribution < -0.4 is 0 Å². The number of amides is 2. The number of carboxylic acids is 1. The summed E-state index contributed by atoms with van der Waals surface area (Å²) in [5.74, 6) is -0.737. The molecule has 0 aromatic rings. The van der Waals surface area contributed by atoms with Gasteiger partial charge in [-0.05, 0) is 12.8 Å². The van der Waals surface area contributed by atoms with Crippen molar-refractivity contribution in [2.24, 2.45) is 0 Å². The maximum absolute atomic E-state index is 12.0. The maximum Gasteiger partial charge on any atom is 0.326 e. The van der Waals surface area contributed by atoms with Gasteiger partial charge in [-0.3, -0.25) is 9.59 Å². The van der Waals surface area contributed by atoms with Crippen molar-refractivity contribution in [2.75, 3.05) is 44.4 Å². The highest BCUT2D eigenvalue weighted by Gasteiger charge is 2.33. The summed E-state index contributed by atoms with van der Waals surface area (Å²) in [5.41, 5.74) is 0. The van der Waals surface area contributed by atoms with Gasteiger partial charge in [0.15, 0.2) is 0 Å². The van der Waals surface area contributed by atoms with Crippen molar-refractivity contribution in [3.8, 4) is 0 Å². The van der Waals surface area contributed by atoms with Gasteiger partial charge in [-0.1, -0.05) is 0 Å². The molecule has 0 radical (unpaired) electrons. The molecular weight excluding hydrogens is 296 g/mol. The highest BCUT2D eigenvalue weighted by Crippen LogP contribution is 2.19. The van der Waals surface area contributed by atoms with E-state index < -0.39 is 12.0 Å². The average molecular weight is 316 g/mol. The van der Waals surface area contributed by atoms with Crippen LogP contribution in [0.5, 0.6) is 0 Å². The smallest absolute Gasteiger partial charge is 0.326 e. The summed E-state index contributed by atoms with van der Waals surface area (Å²) >= 11 is 1.25. The summed E-state index contributed by atoms with van der Waals surface area (Å²) in [6.45, 7) is 2.81. The highest BCUT2D eigenvalue weighted by molar-refractivity contribution is 8.00. The summed E-state index contributed by atoms with van der Waals surface area (Å²) in [7, 11) is 0. The Kier molecular flexibility index (Phi) is 5.86. The zero-order valence-corrected chi connectivity index (χ0v) is 12.6. The summed E-state index contributed by atoms with van der Waals surface area (Å²) in [4.78, 5) is 38.1. The Bertz CT molecular complexity index is 411. The molecule has 0 saturated carbocycles. The van der Waals surface area contributed by atoms with E-state index in [2.05, 4.69) is 0 Å². The van der Waals surface area contributed by atoms with Gasteiger partial charge in [0.25, 0.3) is 0 Å². The number of hydrogen-bond acceptors (Lipinski definition) is 5. The number of ether oxygens (including phenoxy) is 1. The van der Waals surface area contributed by atoms with Crippen LogP contribution in [0, 0.1) is 0 Å². The van der Waals surface area contributed by atoms with E-state index in [0.717, 1.165) is 6.42 Å². The lowest BCUT2D eigenvalue weighted by molar-refractivity contribution is -0.147. The second-order valence-electron chi connectivity index (χ2n) is 5.07. The number of likely N-dealkylation sites (tertiary alicyclic amines) is 1. The number of carbonyl (C=O) groups excluding carboxylic acids is 2. The minimum atomic E-state index is -0.949. The van der Waals surface area contributed by atoms with E-state index in [4.69, 9.17) is 9.84 Å². The Balaban J connectivity index is 1.71. The summed E-state index contributed by atoms with van der Waals surface area (Å²) in [6.07, 6.45) is 1.23. The number of nitrogens with zero attached hydrogens (tertiary/aromatic N) is 2. The molecule has 2 fully saturated rings. The van der Waals surface area contributed by atoms with Crippen molar-refractivity contribution >= 4 is 29.5 Å². The summed E-state index contributed by atoms with van der Waals surface area (Å²) in [5, 5.41) is 9.04. The van der Waals surface area contributed by atoms with E-state index in [1.807, 2.05) is 0 Å². The average Bonchev–Trinajstić information content (AvgIpc) is 2.97. The second kappa shape index (κ2) is 7.65. The zero-order chi connectivity index (χ0) is 15.2. The molecule has 21 heavy (non-hydrogen) atoms. The molecule has 0 aliphatic carbocycles. The number of thioether (sulfide) groups is 1. The molecule has 2 aliphatic heterocycles. The zero-order valence-electron chi connectivity index (χ0n) is 11.8. The van der Waals surface area contributed by atoms with Gasteiger partial charge in [-0.25, -0.2) is 4.79 Å². The quantitative estimate of drug-likeness (QED) is 0.746. The van der Waals surface area contributed by atoms with Crippen molar-refractivity contribution < 1.29 is 24.2 Å². The Morgan fingerprint density at radius 3 is 2.43 bits per heavy atom. The molecule has 2 aliphatic rings. The Labute approximate surface area is 127 Å². The maximum atomic E-state index is 12.0. The molecule has 0 aromatic heterocycles. The van der Waals surface area contributed by atoms with Crippen molar-refractivity contribution in [2.45, 2.75) is 18.9 Å². The predicted molar refractivity (Wildman–Crippen MR) is 77.1 cm³/mol. The number of morpholine rings is 1. The standard InChI is InChI=1S/C13H20N2O5S/c16-11(14-4-6-20-7-5-14)8-21-9-12(17)15-3-1-2-10(15)13(18)19/h10H,1-9H2,(H,18,19)/t10-/m1/s1. The molecule has 0 bridgehead atoms. The predicted octanol–water partition coefficient (Wildman–Crippen LogP) is -0.346. The third kappa shape index (κ3) is 4.34. The Morgan fingerprint density at radius 1 is 1.10 bits per heavy atom. The fourth-order valence-corrected chi connectivity index (χ4v) is 3.33. The molecule has 7 nitrogen and oxygen atoms in total. The van der Waals surface area contributed by atoms with Gasteiger partial charge in [0.2, 0.25) is 11.8 Å². The van der Waals surface area contributed by atoms with E-state index in [-0.39, 0.29) is 23.3 Å². The van der Waals surface area contributed by atoms with Crippen LogP contribution in [0.1, 0.15) is 12.8 Å². The van der Waals surface area contributed by atoms with E-state index in [1.54, 1.807) is 4.90 Å². The third-order valence-corrected chi connectivity index (χ3v) is 4.58. The molecule has 2 rings (SSSR count). The van der Waals surface area contributed by atoms with Gasteiger partial charge < -0.3 is 19.6 Å². The minimum absolute atomic E-state index is 0.00677. The first kappa shape index (κ1) is 16.1. The Hall–Kier alpha value is -1.28. The first-order valence-electron chi connectivity index (χ1n) is 7.05. The number of hydrogen-bond donors (Lipinski definition) is 1. The molecule has 118 valence electrons. The van der Waals surface area contributed by atoms with Crippen LogP contribution in [-0.2, 0) is 19.1 Å². The largest absolute Gasteiger partial charge is 0.480 e. The van der Waals surface area contributed by atoms with Gasteiger partial charge in [0.05, 0.1) is 24.7 Å². The molecule has 0 spiro atoms. The van der Waals surface area contributed by atoms with Gasteiger partial charge >= 0.3 is 5.97 Å². The van der Waals surface area contributed by atoms with E-state index >= 15 is 0 Å². The lowest BCUT2D eigenvalue weighted by atomic mass is 10.2. The number of carboxylic acid groups (broad SMARTS) is 1.